The Bertz CT molecular complexity index is 1050. The van der Waals surface area contributed by atoms with Crippen LogP contribution in [-0.2, 0) is 0 Å². The Morgan fingerprint density at radius 2 is 1.73 bits per heavy atom. The zero-order valence-corrected chi connectivity index (χ0v) is 14.2. The lowest BCUT2D eigenvalue weighted by Crippen LogP contribution is -2.16. The van der Waals surface area contributed by atoms with Gasteiger partial charge in [-0.1, -0.05) is 48.0 Å². The molecule has 1 amide bonds. The Hall–Kier alpha value is -3.60. The quantitative estimate of drug-likeness (QED) is 0.574. The minimum absolute atomic E-state index is 0.496. The smallest absolute Gasteiger partial charge is 0.410 e. The SMILES string of the molecule is Cc1ccc(-c2cn3cc(NC(=O)Oc4ccccc4)ccc3n2)cc1. The number of hydrogen-bond acceptors (Lipinski definition) is 3. The summed E-state index contributed by atoms with van der Waals surface area (Å²) in [4.78, 5) is 16.6. The minimum atomic E-state index is -0.533. The van der Waals surface area contributed by atoms with Gasteiger partial charge in [0.05, 0.1) is 11.4 Å². The van der Waals surface area contributed by atoms with Gasteiger partial charge in [0.2, 0.25) is 0 Å². The lowest BCUT2D eigenvalue weighted by atomic mass is 10.1. The first kappa shape index (κ1) is 15.9. The molecule has 4 rings (SSSR count). The molecule has 0 radical (unpaired) electrons. The van der Waals surface area contributed by atoms with Gasteiger partial charge in [-0.15, -0.1) is 0 Å². The van der Waals surface area contributed by atoms with E-state index in [1.165, 1.54) is 5.56 Å². The van der Waals surface area contributed by atoms with Crippen molar-refractivity contribution in [3.05, 3.63) is 84.7 Å². The van der Waals surface area contributed by atoms with E-state index in [0.717, 1.165) is 16.9 Å². The van der Waals surface area contributed by atoms with Crippen molar-refractivity contribution in [3.63, 3.8) is 0 Å². The number of imidazole rings is 1. The highest BCUT2D eigenvalue weighted by Crippen LogP contribution is 2.21. The first-order valence-electron chi connectivity index (χ1n) is 8.27. The van der Waals surface area contributed by atoms with Crippen LogP contribution in [0.5, 0.6) is 5.75 Å². The Balaban J connectivity index is 1.54. The predicted octanol–water partition coefficient (Wildman–Crippen LogP) is 4.92. The largest absolute Gasteiger partial charge is 0.417 e. The fourth-order valence-corrected chi connectivity index (χ4v) is 2.67. The average Bonchev–Trinajstić information content (AvgIpc) is 3.06. The number of amides is 1. The summed E-state index contributed by atoms with van der Waals surface area (Å²) < 4.78 is 7.12. The third-order valence-corrected chi connectivity index (χ3v) is 4.00. The maximum Gasteiger partial charge on any atom is 0.417 e. The van der Waals surface area contributed by atoms with Crippen LogP contribution < -0.4 is 10.1 Å². The number of rotatable bonds is 3. The Labute approximate surface area is 150 Å². The van der Waals surface area contributed by atoms with Gasteiger partial charge >= 0.3 is 6.09 Å². The van der Waals surface area contributed by atoms with E-state index >= 15 is 0 Å². The van der Waals surface area contributed by atoms with Crippen LogP contribution in [0.15, 0.2) is 79.1 Å². The molecule has 5 heteroatoms. The standard InChI is InChI=1S/C21H17N3O2/c1-15-7-9-16(10-8-15)19-14-24-13-17(11-12-20(24)23-19)22-21(25)26-18-5-3-2-4-6-18/h2-14H,1H3,(H,22,25). The van der Waals surface area contributed by atoms with Crippen molar-refractivity contribution in [3.8, 4) is 17.0 Å². The maximum atomic E-state index is 12.0. The Morgan fingerprint density at radius 1 is 0.962 bits per heavy atom. The topological polar surface area (TPSA) is 55.6 Å². The highest BCUT2D eigenvalue weighted by molar-refractivity contribution is 5.86. The summed E-state index contributed by atoms with van der Waals surface area (Å²) in [7, 11) is 0. The molecule has 0 fully saturated rings. The van der Waals surface area contributed by atoms with Crippen molar-refractivity contribution in [2.75, 3.05) is 5.32 Å². The number of anilines is 1. The van der Waals surface area contributed by atoms with Crippen molar-refractivity contribution in [2.24, 2.45) is 0 Å². The number of nitrogens with zero attached hydrogens (tertiary/aromatic N) is 2. The van der Waals surface area contributed by atoms with E-state index in [2.05, 4.69) is 29.4 Å². The van der Waals surface area contributed by atoms with E-state index in [1.807, 2.05) is 53.2 Å². The average molecular weight is 343 g/mol. The van der Waals surface area contributed by atoms with E-state index in [0.29, 0.717) is 11.4 Å². The number of fused-ring (bicyclic) bond motifs is 1. The van der Waals surface area contributed by atoms with E-state index in [-0.39, 0.29) is 0 Å². The van der Waals surface area contributed by atoms with Crippen LogP contribution in [0.3, 0.4) is 0 Å². The van der Waals surface area contributed by atoms with Crippen molar-refractivity contribution >= 4 is 17.4 Å². The molecular weight excluding hydrogens is 326 g/mol. The van der Waals surface area contributed by atoms with E-state index in [4.69, 9.17) is 4.74 Å². The number of ether oxygens (including phenoxy) is 1. The number of nitrogens with one attached hydrogen (secondary N) is 1. The molecule has 128 valence electrons. The summed E-state index contributed by atoms with van der Waals surface area (Å²) in [5.41, 5.74) is 4.58. The molecule has 1 N–H and O–H groups in total. The molecule has 0 spiro atoms. The summed E-state index contributed by atoms with van der Waals surface area (Å²) in [5, 5.41) is 2.73. The molecule has 0 aliphatic rings. The minimum Gasteiger partial charge on any atom is -0.410 e. The third kappa shape index (κ3) is 3.42. The Kier molecular flexibility index (Phi) is 4.11. The zero-order valence-electron chi connectivity index (χ0n) is 14.2. The number of carbonyl (C=O) groups is 1. The second-order valence-electron chi connectivity index (χ2n) is 6.00. The van der Waals surface area contributed by atoms with Crippen LogP contribution in [0.4, 0.5) is 10.5 Å². The van der Waals surface area contributed by atoms with Gasteiger partial charge in [0.25, 0.3) is 0 Å². The molecule has 2 aromatic carbocycles. The van der Waals surface area contributed by atoms with Crippen LogP contribution >= 0.6 is 0 Å². The Morgan fingerprint density at radius 3 is 2.50 bits per heavy atom. The van der Waals surface area contributed by atoms with Gasteiger partial charge in [0.15, 0.2) is 0 Å². The highest BCUT2D eigenvalue weighted by Gasteiger charge is 2.08. The van der Waals surface area contributed by atoms with E-state index < -0.39 is 6.09 Å². The molecule has 0 saturated carbocycles. The maximum absolute atomic E-state index is 12.0. The highest BCUT2D eigenvalue weighted by atomic mass is 16.6. The second kappa shape index (κ2) is 6.72. The van der Waals surface area contributed by atoms with Gasteiger partial charge < -0.3 is 9.14 Å². The third-order valence-electron chi connectivity index (χ3n) is 4.00. The number of aryl methyl sites for hydroxylation is 1. The number of carbonyl (C=O) groups excluding carboxylic acids is 1. The lowest BCUT2D eigenvalue weighted by molar-refractivity contribution is 0.215. The number of aromatic nitrogens is 2. The normalized spacial score (nSPS) is 10.7. The van der Waals surface area contributed by atoms with Gasteiger partial charge in [-0.3, -0.25) is 5.32 Å². The van der Waals surface area contributed by atoms with Crippen molar-refractivity contribution in [1.82, 2.24) is 9.38 Å². The van der Waals surface area contributed by atoms with Crippen molar-refractivity contribution < 1.29 is 9.53 Å². The molecule has 2 aromatic heterocycles. The van der Waals surface area contributed by atoms with Crippen LogP contribution in [-0.4, -0.2) is 15.5 Å². The van der Waals surface area contributed by atoms with Crippen molar-refractivity contribution in [2.45, 2.75) is 6.92 Å². The van der Waals surface area contributed by atoms with Gasteiger partial charge in [-0.2, -0.15) is 0 Å². The second-order valence-corrected chi connectivity index (χ2v) is 6.00. The monoisotopic (exact) mass is 343 g/mol. The van der Waals surface area contributed by atoms with Gasteiger partial charge in [0.1, 0.15) is 11.4 Å². The fraction of sp³-hybridized carbons (Fsp3) is 0.0476. The molecule has 0 aliphatic heterocycles. The summed E-state index contributed by atoms with van der Waals surface area (Å²) in [6, 6.07) is 20.8. The van der Waals surface area contributed by atoms with Gasteiger partial charge in [-0.05, 0) is 31.2 Å². The molecule has 0 atom stereocenters. The number of para-hydroxylation sites is 1. The number of pyridine rings is 1. The molecule has 2 heterocycles. The molecule has 0 saturated heterocycles. The molecule has 0 bridgehead atoms. The summed E-state index contributed by atoms with van der Waals surface area (Å²) in [6.45, 7) is 2.06. The number of benzene rings is 2. The fourth-order valence-electron chi connectivity index (χ4n) is 2.67. The van der Waals surface area contributed by atoms with Gasteiger partial charge in [0, 0.05) is 18.0 Å². The summed E-state index contributed by atoms with van der Waals surface area (Å²) in [6.07, 6.45) is 3.22. The molecule has 5 nitrogen and oxygen atoms in total. The first-order chi connectivity index (χ1) is 12.7. The molecule has 26 heavy (non-hydrogen) atoms. The van der Waals surface area contributed by atoms with Crippen LogP contribution in [0.2, 0.25) is 0 Å². The summed E-state index contributed by atoms with van der Waals surface area (Å²) >= 11 is 0. The molecule has 0 aliphatic carbocycles. The van der Waals surface area contributed by atoms with E-state index in [9.17, 15) is 4.79 Å². The summed E-state index contributed by atoms with van der Waals surface area (Å²) in [5.74, 6) is 0.496. The van der Waals surface area contributed by atoms with Crippen LogP contribution in [0.1, 0.15) is 5.56 Å². The zero-order chi connectivity index (χ0) is 17.9. The lowest BCUT2D eigenvalue weighted by Gasteiger charge is -2.06. The van der Waals surface area contributed by atoms with Crippen LogP contribution in [0.25, 0.3) is 16.9 Å². The molecule has 0 unspecified atom stereocenters. The molecular formula is C21H17N3O2. The first-order valence-corrected chi connectivity index (χ1v) is 8.27. The number of hydrogen-bond donors (Lipinski definition) is 1. The molecule has 4 aromatic rings. The van der Waals surface area contributed by atoms with Crippen molar-refractivity contribution in [1.29, 1.82) is 0 Å². The predicted molar refractivity (Wildman–Crippen MR) is 101 cm³/mol. The van der Waals surface area contributed by atoms with E-state index in [1.54, 1.807) is 18.2 Å². The van der Waals surface area contributed by atoms with Gasteiger partial charge in [-0.25, -0.2) is 9.78 Å². The van der Waals surface area contributed by atoms with Crippen LogP contribution in [0, 0.1) is 6.92 Å².